The molecule has 1 saturated heterocycles. The van der Waals surface area contributed by atoms with E-state index in [1.165, 1.54) is 31.3 Å². The van der Waals surface area contributed by atoms with Crippen molar-refractivity contribution in [3.05, 3.63) is 168 Å². The maximum absolute atomic E-state index is 6.78. The van der Waals surface area contributed by atoms with Crippen LogP contribution in [0.1, 0.15) is 35.2 Å². The number of nitrogens with one attached hydrogen (secondary N) is 2. The number of nitrogens with zero attached hydrogens (tertiary/aromatic N) is 1. The van der Waals surface area contributed by atoms with E-state index in [-0.39, 0.29) is 18.5 Å². The average molecular weight is 692 g/mol. The maximum atomic E-state index is 6.78. The van der Waals surface area contributed by atoms with Crippen molar-refractivity contribution in [3.8, 4) is 11.1 Å². The van der Waals surface area contributed by atoms with Gasteiger partial charge in [0, 0.05) is 52.8 Å². The molecule has 10 aromatic rings. The zero-order valence-electron chi connectivity index (χ0n) is 28.3. The molecular formula is C46H33N3O2S. The molecule has 1 aliphatic heterocycles. The Morgan fingerprint density at radius 3 is 2.10 bits per heavy atom. The van der Waals surface area contributed by atoms with Crippen molar-refractivity contribution in [1.82, 2.24) is 15.5 Å². The summed E-state index contributed by atoms with van der Waals surface area (Å²) in [6.45, 7) is 0. The van der Waals surface area contributed by atoms with E-state index in [1.807, 2.05) is 23.5 Å². The molecule has 0 spiro atoms. The molecule has 250 valence electrons. The van der Waals surface area contributed by atoms with E-state index in [9.17, 15) is 0 Å². The van der Waals surface area contributed by atoms with E-state index in [1.54, 1.807) is 0 Å². The molecule has 3 unspecified atom stereocenters. The largest absolute Gasteiger partial charge is 0.456 e. The van der Waals surface area contributed by atoms with Gasteiger partial charge in [-0.15, -0.1) is 11.3 Å². The average Bonchev–Trinajstić information content (AvgIpc) is 3.89. The van der Waals surface area contributed by atoms with Crippen molar-refractivity contribution in [2.75, 3.05) is 7.05 Å². The first-order valence-corrected chi connectivity index (χ1v) is 18.6. The number of para-hydroxylation sites is 3. The summed E-state index contributed by atoms with van der Waals surface area (Å²) in [5.41, 5.74) is 9.27. The summed E-state index contributed by atoms with van der Waals surface area (Å²) in [4.78, 5) is 2.39. The lowest BCUT2D eigenvalue weighted by Gasteiger charge is -2.45. The van der Waals surface area contributed by atoms with E-state index < -0.39 is 0 Å². The van der Waals surface area contributed by atoms with Crippen LogP contribution in [-0.4, -0.2) is 11.9 Å². The van der Waals surface area contributed by atoms with Gasteiger partial charge < -0.3 is 8.83 Å². The summed E-state index contributed by atoms with van der Waals surface area (Å²) < 4.78 is 15.8. The highest BCUT2D eigenvalue weighted by Crippen LogP contribution is 2.43. The quantitative estimate of drug-likeness (QED) is 0.192. The van der Waals surface area contributed by atoms with Crippen molar-refractivity contribution in [3.63, 3.8) is 0 Å². The van der Waals surface area contributed by atoms with Crippen LogP contribution in [0.4, 0.5) is 0 Å². The first-order chi connectivity index (χ1) is 25.7. The lowest BCUT2D eigenvalue weighted by atomic mass is 9.99. The number of fused-ring (bicyclic) bond motifs is 9. The van der Waals surface area contributed by atoms with Crippen molar-refractivity contribution in [1.29, 1.82) is 0 Å². The van der Waals surface area contributed by atoms with Gasteiger partial charge in [-0.3, -0.25) is 15.5 Å². The molecule has 2 N–H and O–H groups in total. The molecule has 0 aliphatic carbocycles. The van der Waals surface area contributed by atoms with Gasteiger partial charge in [-0.25, -0.2) is 0 Å². The minimum Gasteiger partial charge on any atom is -0.456 e. The second kappa shape index (κ2) is 11.6. The Morgan fingerprint density at radius 2 is 1.19 bits per heavy atom. The highest BCUT2D eigenvalue weighted by Gasteiger charge is 2.36. The highest BCUT2D eigenvalue weighted by atomic mass is 32.1. The predicted molar refractivity (Wildman–Crippen MR) is 214 cm³/mol. The highest BCUT2D eigenvalue weighted by molar-refractivity contribution is 7.25. The maximum Gasteiger partial charge on any atom is 0.143 e. The van der Waals surface area contributed by atoms with Crippen LogP contribution in [0.15, 0.2) is 160 Å². The molecule has 0 bridgehead atoms. The fourth-order valence-corrected chi connectivity index (χ4v) is 9.47. The fraction of sp³-hybridized carbons (Fsp3) is 0.0870. The molecule has 3 aromatic heterocycles. The third-order valence-corrected chi connectivity index (χ3v) is 12.0. The van der Waals surface area contributed by atoms with E-state index >= 15 is 0 Å². The summed E-state index contributed by atoms with van der Waals surface area (Å²) in [5.74, 6) is 0. The third kappa shape index (κ3) is 4.59. The Balaban J connectivity index is 1.03. The number of hydrogen-bond donors (Lipinski definition) is 2. The van der Waals surface area contributed by atoms with Crippen LogP contribution in [-0.2, 0) is 0 Å². The number of hydrogen-bond acceptors (Lipinski definition) is 6. The summed E-state index contributed by atoms with van der Waals surface area (Å²) in [6.07, 6.45) is -0.273. The summed E-state index contributed by atoms with van der Waals surface area (Å²) in [5, 5.41) is 14.9. The molecule has 7 aromatic carbocycles. The topological polar surface area (TPSA) is 53.6 Å². The van der Waals surface area contributed by atoms with Crippen LogP contribution < -0.4 is 10.6 Å². The molecule has 52 heavy (non-hydrogen) atoms. The van der Waals surface area contributed by atoms with Crippen molar-refractivity contribution >= 4 is 75.4 Å². The second-order valence-electron chi connectivity index (χ2n) is 13.8. The molecule has 5 nitrogen and oxygen atoms in total. The zero-order valence-corrected chi connectivity index (χ0v) is 29.2. The Morgan fingerprint density at radius 1 is 0.500 bits per heavy atom. The number of furan rings is 2. The Labute approximate surface area is 303 Å². The lowest BCUT2D eigenvalue weighted by molar-refractivity contribution is 0.0420. The predicted octanol–water partition coefficient (Wildman–Crippen LogP) is 12.0. The smallest absolute Gasteiger partial charge is 0.143 e. The minimum absolute atomic E-state index is 0.0541. The van der Waals surface area contributed by atoms with E-state index in [2.05, 4.69) is 162 Å². The monoisotopic (exact) mass is 691 g/mol. The second-order valence-corrected chi connectivity index (χ2v) is 14.9. The molecule has 3 atom stereocenters. The molecule has 6 heteroatoms. The van der Waals surface area contributed by atoms with Gasteiger partial charge in [-0.05, 0) is 54.1 Å². The van der Waals surface area contributed by atoms with Crippen molar-refractivity contribution < 1.29 is 8.83 Å². The first kappa shape index (κ1) is 29.9. The molecule has 0 amide bonds. The Hall–Kier alpha value is -5.76. The van der Waals surface area contributed by atoms with Gasteiger partial charge >= 0.3 is 0 Å². The molecule has 0 saturated carbocycles. The van der Waals surface area contributed by atoms with Gasteiger partial charge in [-0.1, -0.05) is 121 Å². The van der Waals surface area contributed by atoms with Crippen molar-refractivity contribution in [2.24, 2.45) is 0 Å². The SMILES string of the molecule is CN1C(c2ccc3c(c2)sc2ccccc23)NC(c2ccccc2)NC1c1cccc2c1oc1ccc(-c3cccc4c3oc3ccccc34)cc12. The van der Waals surface area contributed by atoms with Crippen LogP contribution in [0.5, 0.6) is 0 Å². The van der Waals surface area contributed by atoms with Crippen LogP contribution in [0.2, 0.25) is 0 Å². The molecule has 11 rings (SSSR count). The van der Waals surface area contributed by atoms with Gasteiger partial charge in [0.2, 0.25) is 0 Å². The van der Waals surface area contributed by atoms with Gasteiger partial charge in [0.15, 0.2) is 0 Å². The van der Waals surface area contributed by atoms with Gasteiger partial charge in [0.05, 0.1) is 18.5 Å². The number of rotatable bonds is 4. The van der Waals surface area contributed by atoms with Gasteiger partial charge in [0.1, 0.15) is 22.3 Å². The van der Waals surface area contributed by atoms with Gasteiger partial charge in [0.25, 0.3) is 0 Å². The van der Waals surface area contributed by atoms with E-state index in [0.717, 1.165) is 60.6 Å². The van der Waals surface area contributed by atoms with Gasteiger partial charge in [-0.2, -0.15) is 0 Å². The number of thiophene rings is 1. The Bertz CT molecular complexity index is 2980. The van der Waals surface area contributed by atoms with Crippen LogP contribution >= 0.6 is 11.3 Å². The van der Waals surface area contributed by atoms with Crippen LogP contribution in [0.3, 0.4) is 0 Å². The standard InChI is InChI=1S/C46H33N3O2S/c1-49-45(29-21-23-33-32-14-6-8-20-40(32)52-41(33)26-29)47-44(27-11-3-2-4-12-27)48-46(49)36-18-10-17-35-37-25-28(22-24-39(37)51-43(35)36)30-15-9-16-34-31-13-5-7-19-38(31)50-42(30)34/h2-26,44-48H,1H3. The molecule has 4 heterocycles. The Kier molecular flexibility index (Phi) is 6.69. The molecular weight excluding hydrogens is 659 g/mol. The van der Waals surface area contributed by atoms with Crippen molar-refractivity contribution in [2.45, 2.75) is 18.5 Å². The first-order valence-electron chi connectivity index (χ1n) is 17.7. The minimum atomic E-state index is -0.136. The summed E-state index contributed by atoms with van der Waals surface area (Å²) in [7, 11) is 2.19. The normalized spacial score (nSPS) is 18.4. The lowest BCUT2D eigenvalue weighted by Crippen LogP contribution is -2.54. The van der Waals surface area contributed by atoms with E-state index in [4.69, 9.17) is 8.83 Å². The molecule has 1 fully saturated rings. The van der Waals surface area contributed by atoms with Crippen LogP contribution in [0, 0.1) is 0 Å². The third-order valence-electron chi connectivity index (χ3n) is 10.9. The number of benzene rings is 7. The fourth-order valence-electron chi connectivity index (χ4n) is 8.32. The summed E-state index contributed by atoms with van der Waals surface area (Å²) in [6, 6.07) is 54.0. The zero-order chi connectivity index (χ0) is 34.3. The van der Waals surface area contributed by atoms with Crippen LogP contribution in [0.25, 0.3) is 75.2 Å². The molecule has 0 radical (unpaired) electrons. The van der Waals surface area contributed by atoms with E-state index in [0.29, 0.717) is 0 Å². The summed E-state index contributed by atoms with van der Waals surface area (Å²) >= 11 is 1.86. The molecule has 1 aliphatic rings.